The standard InChI is InChI=1S/C27H30FN3O5S/c1-29-27(33)25(17-20-8-5-4-6-9-20)30(18-21-10-7-11-24(16-21)36-2)26(32)19-31(37(3,34)35)23-14-12-22(28)13-15-23/h4-16,25H,17-19H2,1-3H3,(H,29,33). The Labute approximate surface area is 216 Å². The van der Waals surface area contributed by atoms with Crippen molar-refractivity contribution in [2.24, 2.45) is 0 Å². The van der Waals surface area contributed by atoms with Crippen molar-refractivity contribution in [1.29, 1.82) is 0 Å². The molecule has 3 aromatic rings. The lowest BCUT2D eigenvalue weighted by molar-refractivity contribution is -0.139. The molecule has 0 saturated carbocycles. The minimum Gasteiger partial charge on any atom is -0.497 e. The molecule has 0 aliphatic carbocycles. The van der Waals surface area contributed by atoms with Gasteiger partial charge in [0.1, 0.15) is 24.2 Å². The molecule has 0 fully saturated rings. The topological polar surface area (TPSA) is 96.0 Å². The van der Waals surface area contributed by atoms with E-state index in [0.29, 0.717) is 11.3 Å². The summed E-state index contributed by atoms with van der Waals surface area (Å²) in [5.41, 5.74) is 1.67. The van der Waals surface area contributed by atoms with E-state index in [4.69, 9.17) is 4.74 Å². The summed E-state index contributed by atoms with van der Waals surface area (Å²) in [5, 5.41) is 2.62. The fraction of sp³-hybridized carbons (Fsp3) is 0.259. The number of anilines is 1. The van der Waals surface area contributed by atoms with Crippen LogP contribution in [-0.4, -0.2) is 58.1 Å². The molecule has 0 aromatic heterocycles. The van der Waals surface area contributed by atoms with Crippen LogP contribution in [0.5, 0.6) is 5.75 Å². The summed E-state index contributed by atoms with van der Waals surface area (Å²) >= 11 is 0. The number of likely N-dealkylation sites (N-methyl/N-ethyl adjacent to an activating group) is 1. The number of sulfonamides is 1. The fourth-order valence-corrected chi connectivity index (χ4v) is 4.76. The first-order valence-electron chi connectivity index (χ1n) is 11.5. The lowest BCUT2D eigenvalue weighted by Gasteiger charge is -2.33. The zero-order valence-corrected chi connectivity index (χ0v) is 21.7. The van der Waals surface area contributed by atoms with Gasteiger partial charge in [0.25, 0.3) is 0 Å². The summed E-state index contributed by atoms with van der Waals surface area (Å²) in [6.07, 6.45) is 1.18. The Morgan fingerprint density at radius 3 is 2.22 bits per heavy atom. The van der Waals surface area contributed by atoms with E-state index in [-0.39, 0.29) is 18.7 Å². The van der Waals surface area contributed by atoms with Crippen LogP contribution in [0.2, 0.25) is 0 Å². The average Bonchev–Trinajstić information content (AvgIpc) is 2.89. The normalized spacial score (nSPS) is 11.9. The summed E-state index contributed by atoms with van der Waals surface area (Å²) in [7, 11) is -0.903. The minimum atomic E-state index is -3.91. The molecule has 1 N–H and O–H groups in total. The first-order chi connectivity index (χ1) is 17.6. The molecule has 196 valence electrons. The van der Waals surface area contributed by atoms with Crippen LogP contribution >= 0.6 is 0 Å². The molecule has 3 aromatic carbocycles. The van der Waals surface area contributed by atoms with E-state index in [1.165, 1.54) is 31.2 Å². The third kappa shape index (κ3) is 7.53. The molecule has 0 saturated heterocycles. The van der Waals surface area contributed by atoms with Crippen LogP contribution in [0.1, 0.15) is 11.1 Å². The number of nitrogens with one attached hydrogen (secondary N) is 1. The summed E-state index contributed by atoms with van der Waals surface area (Å²) in [4.78, 5) is 28.2. The number of amides is 2. The van der Waals surface area contributed by atoms with Crippen LogP contribution in [-0.2, 0) is 32.6 Å². The van der Waals surface area contributed by atoms with Crippen LogP contribution in [0.25, 0.3) is 0 Å². The molecule has 1 atom stereocenters. The van der Waals surface area contributed by atoms with Crippen LogP contribution in [0.15, 0.2) is 78.9 Å². The molecule has 3 rings (SSSR count). The maximum atomic E-state index is 13.8. The average molecular weight is 528 g/mol. The van der Waals surface area contributed by atoms with Gasteiger partial charge in [-0.05, 0) is 47.5 Å². The van der Waals surface area contributed by atoms with Gasteiger partial charge in [0.05, 0.1) is 19.1 Å². The number of carbonyl (C=O) groups is 2. The van der Waals surface area contributed by atoms with Gasteiger partial charge in [-0.2, -0.15) is 0 Å². The van der Waals surface area contributed by atoms with Crippen molar-refractivity contribution in [3.8, 4) is 5.75 Å². The zero-order valence-electron chi connectivity index (χ0n) is 20.9. The highest BCUT2D eigenvalue weighted by Gasteiger charge is 2.32. The van der Waals surface area contributed by atoms with E-state index in [2.05, 4.69) is 5.32 Å². The third-order valence-corrected chi connectivity index (χ3v) is 6.94. The Balaban J connectivity index is 2.02. The number of halogens is 1. The predicted octanol–water partition coefficient (Wildman–Crippen LogP) is 2.99. The minimum absolute atomic E-state index is 0.0297. The highest BCUT2D eigenvalue weighted by molar-refractivity contribution is 7.92. The molecule has 0 aliphatic rings. The molecule has 1 unspecified atom stereocenters. The second-order valence-corrected chi connectivity index (χ2v) is 10.3. The molecular weight excluding hydrogens is 497 g/mol. The number of carbonyl (C=O) groups excluding carboxylic acids is 2. The van der Waals surface area contributed by atoms with E-state index in [0.717, 1.165) is 28.3 Å². The van der Waals surface area contributed by atoms with Gasteiger partial charge in [-0.1, -0.05) is 42.5 Å². The van der Waals surface area contributed by atoms with Crippen LogP contribution in [0, 0.1) is 5.82 Å². The Morgan fingerprint density at radius 1 is 0.973 bits per heavy atom. The summed E-state index contributed by atoms with van der Waals surface area (Å²) in [6.45, 7) is -0.543. The van der Waals surface area contributed by atoms with Crippen molar-refractivity contribution < 1.29 is 27.1 Å². The zero-order chi connectivity index (χ0) is 27.0. The molecule has 0 radical (unpaired) electrons. The molecule has 37 heavy (non-hydrogen) atoms. The molecule has 0 aliphatic heterocycles. The quantitative estimate of drug-likeness (QED) is 0.414. The second kappa shape index (κ2) is 12.4. The van der Waals surface area contributed by atoms with Crippen LogP contribution in [0.4, 0.5) is 10.1 Å². The van der Waals surface area contributed by atoms with E-state index < -0.39 is 40.2 Å². The van der Waals surface area contributed by atoms with Gasteiger partial charge in [0, 0.05) is 20.0 Å². The molecule has 10 heteroatoms. The van der Waals surface area contributed by atoms with Crippen molar-refractivity contribution in [3.05, 3.63) is 95.8 Å². The molecule has 0 heterocycles. The molecule has 0 bridgehead atoms. The van der Waals surface area contributed by atoms with Gasteiger partial charge >= 0.3 is 0 Å². The number of methoxy groups -OCH3 is 1. The third-order valence-electron chi connectivity index (χ3n) is 5.80. The van der Waals surface area contributed by atoms with Crippen molar-refractivity contribution in [3.63, 3.8) is 0 Å². The van der Waals surface area contributed by atoms with Crippen molar-refractivity contribution in [2.75, 3.05) is 31.3 Å². The molecular formula is C27H30FN3O5S. The lowest BCUT2D eigenvalue weighted by atomic mass is 10.0. The van der Waals surface area contributed by atoms with E-state index in [9.17, 15) is 22.4 Å². The van der Waals surface area contributed by atoms with Gasteiger partial charge in [0.2, 0.25) is 21.8 Å². The SMILES string of the molecule is CNC(=O)C(Cc1ccccc1)N(Cc1cccc(OC)c1)C(=O)CN(c1ccc(F)cc1)S(C)(=O)=O. The number of hydrogen-bond donors (Lipinski definition) is 1. The number of rotatable bonds is 11. The first-order valence-corrected chi connectivity index (χ1v) is 13.4. The number of nitrogens with zero attached hydrogens (tertiary/aromatic N) is 2. The van der Waals surface area contributed by atoms with Gasteiger partial charge < -0.3 is 15.0 Å². The fourth-order valence-electron chi connectivity index (χ4n) is 3.91. The van der Waals surface area contributed by atoms with Gasteiger partial charge in [-0.15, -0.1) is 0 Å². The van der Waals surface area contributed by atoms with E-state index in [1.807, 2.05) is 30.3 Å². The van der Waals surface area contributed by atoms with Crippen molar-refractivity contribution >= 4 is 27.5 Å². The number of benzene rings is 3. The Hall–Kier alpha value is -3.92. The predicted molar refractivity (Wildman–Crippen MR) is 140 cm³/mol. The maximum Gasteiger partial charge on any atom is 0.244 e. The Morgan fingerprint density at radius 2 is 1.62 bits per heavy atom. The van der Waals surface area contributed by atoms with Gasteiger partial charge in [-0.3, -0.25) is 13.9 Å². The molecule has 8 nitrogen and oxygen atoms in total. The van der Waals surface area contributed by atoms with E-state index in [1.54, 1.807) is 24.3 Å². The highest BCUT2D eigenvalue weighted by Crippen LogP contribution is 2.22. The number of hydrogen-bond acceptors (Lipinski definition) is 5. The van der Waals surface area contributed by atoms with Crippen LogP contribution in [0.3, 0.4) is 0 Å². The lowest BCUT2D eigenvalue weighted by Crippen LogP contribution is -2.52. The number of ether oxygens (including phenoxy) is 1. The monoisotopic (exact) mass is 527 g/mol. The Kier molecular flexibility index (Phi) is 9.24. The van der Waals surface area contributed by atoms with Gasteiger partial charge in [0.15, 0.2) is 0 Å². The maximum absolute atomic E-state index is 13.8. The largest absolute Gasteiger partial charge is 0.497 e. The summed E-state index contributed by atoms with van der Waals surface area (Å²) in [5.74, 6) is -0.950. The van der Waals surface area contributed by atoms with Crippen molar-refractivity contribution in [2.45, 2.75) is 19.0 Å². The second-order valence-electron chi connectivity index (χ2n) is 8.44. The summed E-state index contributed by atoms with van der Waals surface area (Å²) in [6, 6.07) is 20.2. The van der Waals surface area contributed by atoms with Gasteiger partial charge in [-0.25, -0.2) is 12.8 Å². The van der Waals surface area contributed by atoms with Crippen LogP contribution < -0.4 is 14.4 Å². The van der Waals surface area contributed by atoms with Crippen molar-refractivity contribution in [1.82, 2.24) is 10.2 Å². The Bertz CT molecular complexity index is 1320. The highest BCUT2D eigenvalue weighted by atomic mass is 32.2. The first kappa shape index (κ1) is 27.7. The molecule has 2 amide bonds. The van der Waals surface area contributed by atoms with E-state index >= 15 is 0 Å². The summed E-state index contributed by atoms with van der Waals surface area (Å²) < 4.78 is 44.9. The smallest absolute Gasteiger partial charge is 0.244 e. The molecule has 0 spiro atoms.